The van der Waals surface area contributed by atoms with E-state index in [2.05, 4.69) is 15.0 Å². The summed E-state index contributed by atoms with van der Waals surface area (Å²) in [5.41, 5.74) is 18.5. The number of nitrogens with two attached hydrogens (primary N) is 3. The van der Waals surface area contributed by atoms with E-state index in [9.17, 15) is 14.2 Å². The van der Waals surface area contributed by atoms with Gasteiger partial charge >= 0.3 is 19.5 Å². The summed E-state index contributed by atoms with van der Waals surface area (Å²) >= 11 is 0. The molecule has 0 spiro atoms. The molecule has 2 unspecified atom stereocenters. The second kappa shape index (κ2) is 16.6. The van der Waals surface area contributed by atoms with Crippen molar-refractivity contribution < 1.29 is 37.4 Å². The van der Waals surface area contributed by atoms with Gasteiger partial charge in [0.1, 0.15) is 43.5 Å². The van der Waals surface area contributed by atoms with Gasteiger partial charge in [0.15, 0.2) is 11.5 Å². The molecule has 2 aromatic rings. The maximum absolute atomic E-state index is 13.3. The second-order valence-electron chi connectivity index (χ2n) is 9.34. The number of hydrogen-bond acceptors (Lipinski definition) is 14. The number of carbonyl (C=O) groups is 2. The number of fused-ring (bicyclic) bond motifs is 1. The van der Waals surface area contributed by atoms with Crippen molar-refractivity contribution in [2.75, 3.05) is 45.1 Å². The number of carbonyl (C=O) groups excluding carboxylic acids is 2. The first-order valence-corrected chi connectivity index (χ1v) is 15.0. The van der Waals surface area contributed by atoms with Crippen LogP contribution < -0.4 is 17.2 Å². The van der Waals surface area contributed by atoms with Crippen LogP contribution in [0.3, 0.4) is 0 Å². The highest BCUT2D eigenvalue weighted by Gasteiger charge is 2.27. The number of hydrogen-bond donors (Lipinski definition) is 3. The highest BCUT2D eigenvalue weighted by atomic mass is 31.2. The van der Waals surface area contributed by atoms with Gasteiger partial charge in [-0.25, -0.2) is 15.0 Å². The summed E-state index contributed by atoms with van der Waals surface area (Å²) in [6.07, 6.45) is 3.90. The predicted octanol–water partition coefficient (Wildman–Crippen LogP) is 1.44. The Bertz CT molecular complexity index is 1090. The van der Waals surface area contributed by atoms with E-state index in [1.54, 1.807) is 10.9 Å². The molecule has 6 N–H and O–H groups in total. The average Bonchev–Trinajstić information content (AvgIpc) is 3.38. The predicted molar refractivity (Wildman–Crippen MR) is 147 cm³/mol. The monoisotopic (exact) mass is 587 g/mol. The molecule has 4 atom stereocenters. The standard InChI is InChI=1S/C24H42N7O8P/c1-5-16(3)18(25)23(32)36-9-11-38-40(34,39-12-10-37-24(33)19(26)17(4)6-2)15-35-8-7-31-14-30-20-21(27)28-13-29-22(20)31/h13-14,16-19H,5-12,15,25-26H2,1-4H3,(H2,27,28,29)/t16?,17?,18-,19-,40?/m1/s1. The Labute approximate surface area is 233 Å². The summed E-state index contributed by atoms with van der Waals surface area (Å²) in [6, 6.07) is -1.54. The lowest BCUT2D eigenvalue weighted by Crippen LogP contribution is -2.38. The number of imidazole rings is 1. The lowest BCUT2D eigenvalue weighted by Gasteiger charge is -2.20. The minimum atomic E-state index is -3.84. The smallest absolute Gasteiger partial charge is 0.356 e. The van der Waals surface area contributed by atoms with Crippen molar-refractivity contribution in [2.45, 2.75) is 59.2 Å². The van der Waals surface area contributed by atoms with Crippen LogP contribution in [-0.2, 0) is 44.0 Å². The molecule has 2 heterocycles. The van der Waals surface area contributed by atoms with Crippen molar-refractivity contribution in [3.8, 4) is 0 Å². The summed E-state index contributed by atoms with van der Waals surface area (Å²) in [5.74, 6) is -1.00. The van der Waals surface area contributed by atoms with E-state index in [0.29, 0.717) is 17.7 Å². The Morgan fingerprint density at radius 3 is 1.98 bits per heavy atom. The number of aromatic nitrogens is 4. The van der Waals surface area contributed by atoms with Crippen LogP contribution >= 0.6 is 7.60 Å². The first-order valence-electron chi connectivity index (χ1n) is 13.2. The third-order valence-electron chi connectivity index (χ3n) is 6.45. The number of esters is 2. The topological polar surface area (TPSA) is 219 Å². The molecule has 0 bridgehead atoms. The van der Waals surface area contributed by atoms with Crippen LogP contribution in [0.4, 0.5) is 5.82 Å². The van der Waals surface area contributed by atoms with E-state index in [4.69, 9.17) is 40.5 Å². The molecule has 226 valence electrons. The number of nitrogens with zero attached hydrogens (tertiary/aromatic N) is 4. The molecule has 0 fully saturated rings. The summed E-state index contributed by atoms with van der Waals surface area (Å²) in [5, 5.41) is 0. The minimum Gasteiger partial charge on any atom is -0.462 e. The Hall–Kier alpha value is -2.68. The van der Waals surface area contributed by atoms with Crippen LogP contribution in [0.15, 0.2) is 12.7 Å². The van der Waals surface area contributed by atoms with Gasteiger partial charge in [-0.15, -0.1) is 0 Å². The van der Waals surface area contributed by atoms with Crippen LogP contribution in [0.2, 0.25) is 0 Å². The van der Waals surface area contributed by atoms with Gasteiger partial charge < -0.3 is 45.0 Å². The lowest BCUT2D eigenvalue weighted by atomic mass is 10.0. The first kappa shape index (κ1) is 33.5. The van der Waals surface area contributed by atoms with Gasteiger partial charge in [-0.3, -0.25) is 14.2 Å². The van der Waals surface area contributed by atoms with Gasteiger partial charge in [0.2, 0.25) is 0 Å². The zero-order valence-electron chi connectivity index (χ0n) is 23.6. The zero-order valence-corrected chi connectivity index (χ0v) is 24.5. The summed E-state index contributed by atoms with van der Waals surface area (Å²) in [6.45, 7) is 7.16. The number of ether oxygens (including phenoxy) is 3. The summed E-state index contributed by atoms with van der Waals surface area (Å²) < 4.78 is 41.8. The Morgan fingerprint density at radius 1 is 0.900 bits per heavy atom. The van der Waals surface area contributed by atoms with Gasteiger partial charge in [0.25, 0.3) is 0 Å². The molecule has 2 rings (SSSR count). The third-order valence-corrected chi connectivity index (χ3v) is 8.10. The summed E-state index contributed by atoms with van der Waals surface area (Å²) in [7, 11) is -3.84. The van der Waals surface area contributed by atoms with Crippen molar-refractivity contribution in [3.63, 3.8) is 0 Å². The van der Waals surface area contributed by atoms with E-state index in [1.807, 2.05) is 27.7 Å². The van der Waals surface area contributed by atoms with Gasteiger partial charge in [0.05, 0.1) is 26.1 Å². The van der Waals surface area contributed by atoms with Crippen LogP contribution in [0.5, 0.6) is 0 Å². The number of anilines is 1. The Morgan fingerprint density at radius 2 is 1.45 bits per heavy atom. The van der Waals surface area contributed by atoms with Gasteiger partial charge in [-0.05, 0) is 11.8 Å². The van der Waals surface area contributed by atoms with Crippen LogP contribution in [0.1, 0.15) is 40.5 Å². The first-order chi connectivity index (χ1) is 19.0. The molecule has 0 amide bonds. The molecule has 40 heavy (non-hydrogen) atoms. The molecular formula is C24H42N7O8P. The van der Waals surface area contributed by atoms with E-state index in [-0.39, 0.29) is 50.7 Å². The van der Waals surface area contributed by atoms with E-state index < -0.39 is 38.0 Å². The largest absolute Gasteiger partial charge is 0.462 e. The van der Waals surface area contributed by atoms with Crippen molar-refractivity contribution >= 4 is 36.5 Å². The molecule has 0 aliphatic heterocycles. The molecule has 0 saturated heterocycles. The Balaban J connectivity index is 1.89. The highest BCUT2D eigenvalue weighted by Crippen LogP contribution is 2.48. The fraction of sp³-hybridized carbons (Fsp3) is 0.708. The van der Waals surface area contributed by atoms with Crippen LogP contribution in [-0.4, -0.2) is 82.9 Å². The fourth-order valence-electron chi connectivity index (χ4n) is 3.32. The van der Waals surface area contributed by atoms with E-state index in [0.717, 1.165) is 12.8 Å². The zero-order chi connectivity index (χ0) is 29.7. The SMILES string of the molecule is CCC(C)[C@@H](N)C(=O)OCCOP(=O)(COCCn1cnc2c(N)ncnc21)OCCOC(=O)[C@H](N)C(C)CC. The molecule has 16 heteroatoms. The summed E-state index contributed by atoms with van der Waals surface area (Å²) in [4.78, 5) is 36.4. The normalized spacial score (nSPS) is 16.1. The average molecular weight is 588 g/mol. The maximum Gasteiger partial charge on any atom is 0.356 e. The van der Waals surface area contributed by atoms with Crippen LogP contribution in [0.25, 0.3) is 11.2 Å². The van der Waals surface area contributed by atoms with E-state index >= 15 is 0 Å². The third kappa shape index (κ3) is 10.1. The molecule has 0 aliphatic carbocycles. The number of rotatable bonds is 19. The number of nitrogen functional groups attached to an aromatic ring is 1. The molecule has 0 radical (unpaired) electrons. The molecule has 15 nitrogen and oxygen atoms in total. The molecule has 0 saturated carbocycles. The van der Waals surface area contributed by atoms with E-state index in [1.165, 1.54) is 6.33 Å². The van der Waals surface area contributed by atoms with Gasteiger partial charge in [-0.2, -0.15) is 0 Å². The molecule has 2 aromatic heterocycles. The molecule has 0 aromatic carbocycles. The lowest BCUT2D eigenvalue weighted by molar-refractivity contribution is -0.147. The van der Waals surface area contributed by atoms with Crippen molar-refractivity contribution in [2.24, 2.45) is 23.3 Å². The Kier molecular flexibility index (Phi) is 13.9. The van der Waals surface area contributed by atoms with Crippen molar-refractivity contribution in [3.05, 3.63) is 12.7 Å². The minimum absolute atomic E-state index is 0.0529. The van der Waals surface area contributed by atoms with Crippen LogP contribution in [0, 0.1) is 11.8 Å². The maximum atomic E-state index is 13.3. The van der Waals surface area contributed by atoms with Gasteiger partial charge in [-0.1, -0.05) is 40.5 Å². The van der Waals surface area contributed by atoms with Crippen molar-refractivity contribution in [1.82, 2.24) is 19.5 Å². The highest BCUT2D eigenvalue weighted by molar-refractivity contribution is 7.53. The fourth-order valence-corrected chi connectivity index (χ4v) is 4.60. The quantitative estimate of drug-likeness (QED) is 0.120. The van der Waals surface area contributed by atoms with Gasteiger partial charge in [0, 0.05) is 6.54 Å². The molecule has 0 aliphatic rings. The second-order valence-corrected chi connectivity index (χ2v) is 11.3. The van der Waals surface area contributed by atoms with Crippen molar-refractivity contribution in [1.29, 1.82) is 0 Å². The molecular weight excluding hydrogens is 545 g/mol.